The van der Waals surface area contributed by atoms with Crippen LogP contribution in [0.15, 0.2) is 47.6 Å². The lowest BCUT2D eigenvalue weighted by Gasteiger charge is -2.17. The second-order valence-electron chi connectivity index (χ2n) is 7.06. The molecule has 1 unspecified atom stereocenters. The quantitative estimate of drug-likeness (QED) is 0.291. The highest BCUT2D eigenvalue weighted by Gasteiger charge is 2.28. The van der Waals surface area contributed by atoms with Crippen LogP contribution >= 0.6 is 24.0 Å². The first-order valence-corrected chi connectivity index (χ1v) is 11.8. The number of ether oxygens (including phenoxy) is 2. The summed E-state index contributed by atoms with van der Waals surface area (Å²) in [5.74, 6) is 2.85. The van der Waals surface area contributed by atoms with E-state index in [1.807, 2.05) is 36.4 Å². The van der Waals surface area contributed by atoms with Crippen LogP contribution < -0.4 is 20.1 Å². The zero-order valence-corrected chi connectivity index (χ0v) is 20.9. The molecule has 2 N–H and O–H groups in total. The first kappa shape index (κ1) is 25.2. The first-order chi connectivity index (χ1) is 14.5. The third-order valence-electron chi connectivity index (χ3n) is 4.60. The normalized spacial score (nSPS) is 17.5. The minimum Gasteiger partial charge on any atom is -0.494 e. The maximum absolute atomic E-state index is 11.6. The molecule has 170 valence electrons. The van der Waals surface area contributed by atoms with Crippen molar-refractivity contribution in [1.29, 1.82) is 0 Å². The summed E-state index contributed by atoms with van der Waals surface area (Å²) in [6.07, 6.45) is 3.22. The average Bonchev–Trinajstić information content (AvgIpc) is 3.09. The molecule has 8 nitrogen and oxygen atoms in total. The molecule has 0 spiro atoms. The van der Waals surface area contributed by atoms with E-state index in [1.165, 1.54) is 0 Å². The van der Waals surface area contributed by atoms with E-state index in [1.54, 1.807) is 13.2 Å². The van der Waals surface area contributed by atoms with Gasteiger partial charge in [-0.1, -0.05) is 13.0 Å². The van der Waals surface area contributed by atoms with Crippen LogP contribution in [0.2, 0.25) is 0 Å². The molecule has 2 heterocycles. The summed E-state index contributed by atoms with van der Waals surface area (Å²) in [4.78, 5) is 8.53. The fraction of sp³-hybridized carbons (Fsp3) is 0.429. The summed E-state index contributed by atoms with van der Waals surface area (Å²) >= 11 is 0. The number of aromatic nitrogens is 1. The Morgan fingerprint density at radius 2 is 1.97 bits per heavy atom. The number of guanidine groups is 1. The molecule has 3 rings (SSSR count). The Kier molecular flexibility index (Phi) is 9.82. The monoisotopic (exact) mass is 560 g/mol. The molecule has 1 fully saturated rings. The molecule has 2 aromatic rings. The zero-order valence-electron chi connectivity index (χ0n) is 17.7. The Hall–Kier alpha value is -2.08. The molecule has 1 aliphatic rings. The highest BCUT2D eigenvalue weighted by atomic mass is 127. The van der Waals surface area contributed by atoms with E-state index < -0.39 is 9.84 Å². The molecular weight excluding hydrogens is 531 g/mol. The van der Waals surface area contributed by atoms with E-state index >= 15 is 0 Å². The minimum atomic E-state index is -2.95. The van der Waals surface area contributed by atoms with Gasteiger partial charge >= 0.3 is 0 Å². The van der Waals surface area contributed by atoms with Crippen LogP contribution in [0, 0.1) is 0 Å². The molecule has 31 heavy (non-hydrogen) atoms. The van der Waals surface area contributed by atoms with Gasteiger partial charge in [0.1, 0.15) is 11.5 Å². The van der Waals surface area contributed by atoms with E-state index in [2.05, 4.69) is 27.5 Å². The molecule has 0 radical (unpaired) electrons. The molecule has 10 heteroatoms. The summed E-state index contributed by atoms with van der Waals surface area (Å²) in [5.41, 5.74) is 0.853. The number of nitrogens with one attached hydrogen (secondary N) is 2. The topological polar surface area (TPSA) is 102 Å². The fourth-order valence-electron chi connectivity index (χ4n) is 3.06. The van der Waals surface area contributed by atoms with Crippen molar-refractivity contribution in [3.8, 4) is 17.4 Å². The van der Waals surface area contributed by atoms with Crippen LogP contribution in [0.25, 0.3) is 0 Å². The van der Waals surface area contributed by atoms with Crippen molar-refractivity contribution in [1.82, 2.24) is 15.6 Å². The van der Waals surface area contributed by atoms with E-state index in [9.17, 15) is 8.42 Å². The van der Waals surface area contributed by atoms with Crippen molar-refractivity contribution < 1.29 is 17.9 Å². The molecule has 1 aliphatic heterocycles. The number of pyridine rings is 1. The average molecular weight is 560 g/mol. The predicted molar refractivity (Wildman–Crippen MR) is 132 cm³/mol. The van der Waals surface area contributed by atoms with Crippen LogP contribution in [0.1, 0.15) is 25.3 Å². The number of hydrogen-bond acceptors (Lipinski definition) is 6. The van der Waals surface area contributed by atoms with Crippen molar-refractivity contribution in [3.63, 3.8) is 0 Å². The van der Waals surface area contributed by atoms with Crippen LogP contribution in [0.3, 0.4) is 0 Å². The van der Waals surface area contributed by atoms with Crippen molar-refractivity contribution in [2.24, 2.45) is 4.99 Å². The molecule has 0 amide bonds. The van der Waals surface area contributed by atoms with Crippen molar-refractivity contribution in [2.75, 3.05) is 25.2 Å². The van der Waals surface area contributed by atoms with Gasteiger partial charge in [0, 0.05) is 31.4 Å². The maximum Gasteiger partial charge on any atom is 0.224 e. The van der Waals surface area contributed by atoms with E-state index in [0.717, 1.165) is 17.7 Å². The molecule has 0 aliphatic carbocycles. The van der Waals surface area contributed by atoms with Crippen LogP contribution in [-0.2, 0) is 16.4 Å². The molecule has 1 atom stereocenters. The van der Waals surface area contributed by atoms with Gasteiger partial charge in [-0.15, -0.1) is 24.0 Å². The van der Waals surface area contributed by atoms with Crippen LogP contribution in [0.5, 0.6) is 17.4 Å². The van der Waals surface area contributed by atoms with Gasteiger partial charge in [0.15, 0.2) is 15.8 Å². The standard InChI is InChI=1S/C21H28N4O4S.HI/c1-3-12-28-18-6-8-19(9-7-18)29-20-16(5-4-11-23-20)14-24-21(22-2)25-17-10-13-30(26,27)15-17;/h4-9,11,17H,3,10,12-15H2,1-2H3,(H2,22,24,25);1H. The molecule has 1 aromatic carbocycles. The first-order valence-electron chi connectivity index (χ1n) is 10.0. The SMILES string of the molecule is CCCOc1ccc(Oc2ncccc2CNC(=NC)NC2CCS(=O)(=O)C2)cc1.I. The number of nitrogens with zero attached hydrogens (tertiary/aromatic N) is 2. The van der Waals surface area contributed by atoms with Crippen LogP contribution in [-0.4, -0.2) is 50.6 Å². The van der Waals surface area contributed by atoms with Gasteiger partial charge in [0.05, 0.1) is 18.1 Å². The van der Waals surface area contributed by atoms with Gasteiger partial charge in [0.2, 0.25) is 5.88 Å². The Morgan fingerprint density at radius 1 is 1.23 bits per heavy atom. The summed E-state index contributed by atoms with van der Waals surface area (Å²) in [5, 5.41) is 6.37. The smallest absolute Gasteiger partial charge is 0.224 e. The third kappa shape index (κ3) is 7.84. The third-order valence-corrected chi connectivity index (χ3v) is 6.37. The van der Waals surface area contributed by atoms with Crippen LogP contribution in [0.4, 0.5) is 0 Å². The molecular formula is C21H29IN4O4S. The van der Waals surface area contributed by atoms with Gasteiger partial charge in [-0.25, -0.2) is 13.4 Å². The fourth-order valence-corrected chi connectivity index (χ4v) is 4.74. The van der Waals surface area contributed by atoms with E-state index in [-0.39, 0.29) is 41.5 Å². The number of sulfone groups is 1. The van der Waals surface area contributed by atoms with Gasteiger partial charge in [-0.05, 0) is 43.2 Å². The highest BCUT2D eigenvalue weighted by Crippen LogP contribution is 2.25. The molecule has 1 aromatic heterocycles. The molecule has 0 bridgehead atoms. The summed E-state index contributed by atoms with van der Waals surface area (Å²) in [6, 6.07) is 11.1. The minimum absolute atomic E-state index is 0. The van der Waals surface area contributed by atoms with Crippen molar-refractivity contribution in [2.45, 2.75) is 32.4 Å². The molecule has 0 saturated carbocycles. The molecule has 1 saturated heterocycles. The van der Waals surface area contributed by atoms with E-state index in [4.69, 9.17) is 9.47 Å². The zero-order chi connectivity index (χ0) is 21.4. The second-order valence-corrected chi connectivity index (χ2v) is 9.29. The second kappa shape index (κ2) is 12.1. The Balaban J connectivity index is 0.00000341. The van der Waals surface area contributed by atoms with Crippen molar-refractivity contribution in [3.05, 3.63) is 48.2 Å². The number of halogens is 1. The predicted octanol–water partition coefficient (Wildman–Crippen LogP) is 3.13. The largest absolute Gasteiger partial charge is 0.494 e. The van der Waals surface area contributed by atoms with Gasteiger partial charge < -0.3 is 20.1 Å². The highest BCUT2D eigenvalue weighted by molar-refractivity contribution is 14.0. The Morgan fingerprint density at radius 3 is 2.61 bits per heavy atom. The Labute approximate surface area is 200 Å². The number of aliphatic imine (C=N–C) groups is 1. The van der Waals surface area contributed by atoms with Gasteiger partial charge in [-0.2, -0.15) is 0 Å². The van der Waals surface area contributed by atoms with Gasteiger partial charge in [0.25, 0.3) is 0 Å². The number of hydrogen-bond donors (Lipinski definition) is 2. The lowest BCUT2D eigenvalue weighted by atomic mass is 10.2. The number of benzene rings is 1. The van der Waals surface area contributed by atoms with Gasteiger partial charge in [-0.3, -0.25) is 4.99 Å². The van der Waals surface area contributed by atoms with Crippen molar-refractivity contribution >= 4 is 39.8 Å². The lowest BCUT2D eigenvalue weighted by molar-refractivity contribution is 0.317. The Bertz CT molecular complexity index is 968. The maximum atomic E-state index is 11.6. The summed E-state index contributed by atoms with van der Waals surface area (Å²) in [6.45, 7) is 3.17. The number of rotatable bonds is 8. The summed E-state index contributed by atoms with van der Waals surface area (Å²) < 4.78 is 34.8. The summed E-state index contributed by atoms with van der Waals surface area (Å²) in [7, 11) is -1.30. The van der Waals surface area contributed by atoms with E-state index in [0.29, 0.717) is 37.2 Å². The lowest BCUT2D eigenvalue weighted by Crippen LogP contribution is -2.43.